The molecule has 0 aromatic carbocycles. The van der Waals surface area contributed by atoms with Crippen molar-refractivity contribution >= 4 is 6.29 Å². The van der Waals surface area contributed by atoms with E-state index in [-0.39, 0.29) is 7.43 Å². The fourth-order valence-corrected chi connectivity index (χ4v) is 3.86. The number of hydrogen-bond acceptors (Lipinski definition) is 1. The van der Waals surface area contributed by atoms with Crippen LogP contribution in [0.5, 0.6) is 0 Å². The van der Waals surface area contributed by atoms with Gasteiger partial charge in [-0.25, -0.2) is 0 Å². The lowest BCUT2D eigenvalue weighted by Gasteiger charge is -2.22. The topological polar surface area (TPSA) is 32.9 Å². The van der Waals surface area contributed by atoms with Crippen LogP contribution in [0.15, 0.2) is 6.07 Å². The summed E-state index contributed by atoms with van der Waals surface area (Å²) in [6.45, 7) is 0. The van der Waals surface area contributed by atoms with E-state index in [0.717, 1.165) is 24.3 Å². The van der Waals surface area contributed by atoms with Gasteiger partial charge < -0.3 is 4.98 Å². The van der Waals surface area contributed by atoms with E-state index in [1.807, 2.05) is 0 Å². The summed E-state index contributed by atoms with van der Waals surface area (Å²) in [5.74, 6) is 1.69. The van der Waals surface area contributed by atoms with Crippen LogP contribution in [0.2, 0.25) is 0 Å². The smallest absolute Gasteiger partial charge is 0.166 e. The second kappa shape index (κ2) is 6.40. The van der Waals surface area contributed by atoms with E-state index >= 15 is 0 Å². The third-order valence-electron chi connectivity index (χ3n) is 4.91. The van der Waals surface area contributed by atoms with Crippen LogP contribution < -0.4 is 0 Å². The maximum atomic E-state index is 10.8. The molecule has 2 nitrogen and oxygen atoms in total. The molecule has 1 atom stereocenters. The van der Waals surface area contributed by atoms with E-state index in [0.29, 0.717) is 5.92 Å². The van der Waals surface area contributed by atoms with Crippen molar-refractivity contribution in [2.75, 3.05) is 0 Å². The average molecular weight is 261 g/mol. The number of fused-ring (bicyclic) bond motifs is 1. The van der Waals surface area contributed by atoms with Crippen molar-refractivity contribution in [2.24, 2.45) is 5.92 Å². The van der Waals surface area contributed by atoms with Gasteiger partial charge in [-0.2, -0.15) is 0 Å². The zero-order chi connectivity index (χ0) is 12.4. The fourth-order valence-electron chi connectivity index (χ4n) is 3.86. The number of carbonyl (C=O) groups is 1. The number of aldehydes is 1. The number of carbonyl (C=O) groups excluding carboxylic acids is 1. The number of nitrogens with one attached hydrogen (secondary N) is 1. The van der Waals surface area contributed by atoms with Gasteiger partial charge in [0.2, 0.25) is 0 Å². The molecule has 106 valence electrons. The summed E-state index contributed by atoms with van der Waals surface area (Å²) in [5, 5.41) is 0. The Balaban J connectivity index is 0.00000133. The number of hydrogen-bond donors (Lipinski definition) is 1. The quantitative estimate of drug-likeness (QED) is 0.772. The van der Waals surface area contributed by atoms with Gasteiger partial charge in [0.05, 0.1) is 5.69 Å². The van der Waals surface area contributed by atoms with Gasteiger partial charge >= 0.3 is 0 Å². The highest BCUT2D eigenvalue weighted by molar-refractivity contribution is 5.73. The Hall–Kier alpha value is -1.05. The maximum absolute atomic E-state index is 10.8. The highest BCUT2D eigenvalue weighted by Crippen LogP contribution is 2.38. The van der Waals surface area contributed by atoms with Crippen molar-refractivity contribution in [3.8, 4) is 0 Å². The molecule has 0 saturated heterocycles. The Kier molecular flexibility index (Phi) is 4.84. The second-order valence-electron chi connectivity index (χ2n) is 6.09. The first-order chi connectivity index (χ1) is 8.86. The van der Waals surface area contributed by atoms with E-state index in [1.54, 1.807) is 0 Å². The standard InChI is InChI=1S/C16H23NO.CH4/c18-11-14-10-15-13(8-9-16(15)17-14)7-6-12-4-2-1-3-5-12;/h10-13,17H,1-9H2;1H4. The maximum Gasteiger partial charge on any atom is 0.166 e. The number of aromatic nitrogens is 1. The lowest BCUT2D eigenvalue weighted by Crippen LogP contribution is -2.07. The van der Waals surface area contributed by atoms with Gasteiger partial charge in [0.15, 0.2) is 6.29 Å². The first-order valence-corrected chi connectivity index (χ1v) is 7.54. The van der Waals surface area contributed by atoms with Crippen molar-refractivity contribution in [3.05, 3.63) is 23.0 Å². The summed E-state index contributed by atoms with van der Waals surface area (Å²) in [6, 6.07) is 2.08. The summed E-state index contributed by atoms with van der Waals surface area (Å²) >= 11 is 0. The van der Waals surface area contributed by atoms with E-state index in [1.165, 1.54) is 62.6 Å². The van der Waals surface area contributed by atoms with Crippen LogP contribution in [0, 0.1) is 5.92 Å². The Labute approximate surface area is 117 Å². The van der Waals surface area contributed by atoms with Gasteiger partial charge in [0, 0.05) is 5.69 Å². The van der Waals surface area contributed by atoms with Crippen LogP contribution in [-0.4, -0.2) is 11.3 Å². The summed E-state index contributed by atoms with van der Waals surface area (Å²) in [5.41, 5.74) is 3.53. The number of aryl methyl sites for hydroxylation is 1. The number of rotatable bonds is 4. The predicted octanol–water partition coefficient (Wildman–Crippen LogP) is 4.85. The van der Waals surface area contributed by atoms with Crippen LogP contribution in [0.3, 0.4) is 0 Å². The molecule has 19 heavy (non-hydrogen) atoms. The van der Waals surface area contributed by atoms with E-state index in [4.69, 9.17) is 0 Å². The fraction of sp³-hybridized carbons (Fsp3) is 0.706. The molecular weight excluding hydrogens is 234 g/mol. The molecule has 1 N–H and O–H groups in total. The molecule has 0 radical (unpaired) electrons. The average Bonchev–Trinajstić information content (AvgIpc) is 2.97. The lowest BCUT2D eigenvalue weighted by atomic mass is 9.83. The zero-order valence-corrected chi connectivity index (χ0v) is 11.1. The molecule has 1 fully saturated rings. The largest absolute Gasteiger partial charge is 0.356 e. The molecule has 2 aliphatic rings. The molecule has 1 heterocycles. The molecule has 2 aliphatic carbocycles. The summed E-state index contributed by atoms with van der Waals surface area (Å²) in [7, 11) is 0. The highest BCUT2D eigenvalue weighted by Gasteiger charge is 2.25. The summed E-state index contributed by atoms with van der Waals surface area (Å²) in [6.07, 6.45) is 13.3. The minimum absolute atomic E-state index is 0. The third-order valence-corrected chi connectivity index (χ3v) is 4.91. The van der Waals surface area contributed by atoms with Crippen molar-refractivity contribution in [2.45, 2.75) is 71.1 Å². The van der Waals surface area contributed by atoms with Gasteiger partial charge in [0.25, 0.3) is 0 Å². The Morgan fingerprint density at radius 3 is 2.68 bits per heavy atom. The molecular formula is C17H27NO. The van der Waals surface area contributed by atoms with Gasteiger partial charge in [0.1, 0.15) is 0 Å². The molecule has 1 aromatic heterocycles. The van der Waals surface area contributed by atoms with Crippen LogP contribution >= 0.6 is 0 Å². The van der Waals surface area contributed by atoms with Crippen LogP contribution in [-0.2, 0) is 6.42 Å². The minimum atomic E-state index is 0. The summed E-state index contributed by atoms with van der Waals surface area (Å²) < 4.78 is 0. The van der Waals surface area contributed by atoms with Crippen molar-refractivity contribution < 1.29 is 4.79 Å². The molecule has 1 saturated carbocycles. The van der Waals surface area contributed by atoms with Gasteiger partial charge in [-0.15, -0.1) is 0 Å². The second-order valence-corrected chi connectivity index (χ2v) is 6.09. The number of aromatic amines is 1. The Bertz CT molecular complexity index is 415. The minimum Gasteiger partial charge on any atom is -0.356 e. The van der Waals surface area contributed by atoms with Crippen LogP contribution in [0.25, 0.3) is 0 Å². The SMILES string of the molecule is C.O=Cc1cc2c([nH]1)CCC2CCC1CCCCC1. The summed E-state index contributed by atoms with van der Waals surface area (Å²) in [4.78, 5) is 14.0. The van der Waals surface area contributed by atoms with Gasteiger partial charge in [-0.3, -0.25) is 4.79 Å². The van der Waals surface area contributed by atoms with E-state index < -0.39 is 0 Å². The molecule has 3 rings (SSSR count). The Morgan fingerprint density at radius 1 is 1.16 bits per heavy atom. The number of H-pyrrole nitrogens is 1. The van der Waals surface area contributed by atoms with Crippen LogP contribution in [0.1, 0.15) is 86.5 Å². The molecule has 2 heteroatoms. The van der Waals surface area contributed by atoms with Crippen molar-refractivity contribution in [1.82, 2.24) is 4.98 Å². The first kappa shape index (κ1) is 14.4. The van der Waals surface area contributed by atoms with Crippen molar-refractivity contribution in [1.29, 1.82) is 0 Å². The van der Waals surface area contributed by atoms with Gasteiger partial charge in [-0.1, -0.05) is 39.5 Å². The highest BCUT2D eigenvalue weighted by atomic mass is 16.1. The third kappa shape index (κ3) is 3.10. The molecule has 0 amide bonds. The zero-order valence-electron chi connectivity index (χ0n) is 11.1. The molecule has 1 aromatic rings. The molecule has 0 aliphatic heterocycles. The Morgan fingerprint density at radius 2 is 1.95 bits per heavy atom. The monoisotopic (exact) mass is 261 g/mol. The van der Waals surface area contributed by atoms with Crippen LogP contribution in [0.4, 0.5) is 0 Å². The molecule has 0 spiro atoms. The van der Waals surface area contributed by atoms with Crippen molar-refractivity contribution in [3.63, 3.8) is 0 Å². The lowest BCUT2D eigenvalue weighted by molar-refractivity contribution is 0.111. The molecule has 1 unspecified atom stereocenters. The normalized spacial score (nSPS) is 22.8. The molecule has 0 bridgehead atoms. The van der Waals surface area contributed by atoms with Gasteiger partial charge in [-0.05, 0) is 49.1 Å². The van der Waals surface area contributed by atoms with E-state index in [9.17, 15) is 4.79 Å². The van der Waals surface area contributed by atoms with E-state index in [2.05, 4.69) is 11.1 Å². The predicted molar refractivity (Wildman–Crippen MR) is 79.8 cm³/mol. The first-order valence-electron chi connectivity index (χ1n) is 7.54.